The maximum atomic E-state index is 12.8. The highest BCUT2D eigenvalue weighted by Gasteiger charge is 2.34. The van der Waals surface area contributed by atoms with Gasteiger partial charge in [-0.15, -0.1) is 0 Å². The fourth-order valence-corrected chi connectivity index (χ4v) is 4.54. The van der Waals surface area contributed by atoms with Crippen molar-refractivity contribution in [1.82, 2.24) is 14.6 Å². The molecule has 6 heteroatoms. The SMILES string of the molecule is CC(C)NCc1cc(S(=O)(=O)N2CCCC(C)C2C)c[nH]1. The molecule has 0 aromatic carbocycles. The van der Waals surface area contributed by atoms with Gasteiger partial charge >= 0.3 is 0 Å². The molecule has 2 atom stereocenters. The average Bonchev–Trinajstić information content (AvgIpc) is 2.89. The zero-order valence-electron chi connectivity index (χ0n) is 13.4. The summed E-state index contributed by atoms with van der Waals surface area (Å²) in [5, 5.41) is 3.28. The first-order chi connectivity index (χ1) is 9.82. The van der Waals surface area contributed by atoms with E-state index in [1.165, 1.54) is 0 Å². The number of hydrogen-bond acceptors (Lipinski definition) is 3. The minimum Gasteiger partial charge on any atom is -0.363 e. The zero-order valence-corrected chi connectivity index (χ0v) is 14.2. The lowest BCUT2D eigenvalue weighted by Gasteiger charge is -2.36. The molecule has 0 radical (unpaired) electrons. The molecule has 1 aromatic rings. The van der Waals surface area contributed by atoms with Crippen molar-refractivity contribution in [3.63, 3.8) is 0 Å². The molecule has 120 valence electrons. The van der Waals surface area contributed by atoms with Crippen LogP contribution in [-0.2, 0) is 16.6 Å². The van der Waals surface area contributed by atoms with Gasteiger partial charge in [-0.1, -0.05) is 20.8 Å². The molecule has 1 fully saturated rings. The molecular formula is C15H27N3O2S. The van der Waals surface area contributed by atoms with E-state index in [0.29, 0.717) is 29.9 Å². The van der Waals surface area contributed by atoms with Crippen molar-refractivity contribution in [2.24, 2.45) is 5.92 Å². The molecule has 0 spiro atoms. The third-order valence-electron chi connectivity index (χ3n) is 4.34. The van der Waals surface area contributed by atoms with Crippen molar-refractivity contribution < 1.29 is 8.42 Å². The summed E-state index contributed by atoms with van der Waals surface area (Å²) in [6.45, 7) is 9.54. The molecule has 1 saturated heterocycles. The van der Waals surface area contributed by atoms with Crippen LogP contribution >= 0.6 is 0 Å². The molecule has 1 aromatic heterocycles. The fourth-order valence-electron chi connectivity index (χ4n) is 2.76. The van der Waals surface area contributed by atoms with Crippen LogP contribution in [0.3, 0.4) is 0 Å². The second-order valence-electron chi connectivity index (χ2n) is 6.37. The van der Waals surface area contributed by atoms with Gasteiger partial charge < -0.3 is 10.3 Å². The zero-order chi connectivity index (χ0) is 15.6. The summed E-state index contributed by atoms with van der Waals surface area (Å²) in [5.74, 6) is 0.412. The van der Waals surface area contributed by atoms with Crippen molar-refractivity contribution in [2.45, 2.75) is 64.1 Å². The number of hydrogen-bond donors (Lipinski definition) is 2. The average molecular weight is 313 g/mol. The maximum Gasteiger partial charge on any atom is 0.244 e. The van der Waals surface area contributed by atoms with Gasteiger partial charge in [0.2, 0.25) is 10.0 Å². The Bertz CT molecular complexity index is 565. The predicted molar refractivity (Wildman–Crippen MR) is 84.5 cm³/mol. The molecule has 2 unspecified atom stereocenters. The van der Waals surface area contributed by atoms with E-state index in [9.17, 15) is 8.42 Å². The molecule has 2 rings (SSSR count). The van der Waals surface area contributed by atoms with E-state index in [1.807, 2.05) is 6.92 Å². The van der Waals surface area contributed by atoms with Crippen LogP contribution in [0.2, 0.25) is 0 Å². The Labute approximate surface area is 128 Å². The topological polar surface area (TPSA) is 65.2 Å². The summed E-state index contributed by atoms with van der Waals surface area (Å²) in [5.41, 5.74) is 0.903. The van der Waals surface area contributed by atoms with E-state index < -0.39 is 10.0 Å². The lowest BCUT2D eigenvalue weighted by molar-refractivity contribution is 0.202. The first-order valence-corrected chi connectivity index (χ1v) is 9.19. The Balaban J connectivity index is 2.16. The molecule has 0 aliphatic carbocycles. The quantitative estimate of drug-likeness (QED) is 0.877. The molecular weight excluding hydrogens is 286 g/mol. The van der Waals surface area contributed by atoms with Gasteiger partial charge in [0.25, 0.3) is 0 Å². The van der Waals surface area contributed by atoms with Gasteiger partial charge in [0.1, 0.15) is 0 Å². The molecule has 5 nitrogen and oxygen atoms in total. The molecule has 2 heterocycles. The number of aromatic amines is 1. The normalized spacial score (nSPS) is 24.6. The number of nitrogens with zero attached hydrogens (tertiary/aromatic N) is 1. The van der Waals surface area contributed by atoms with Gasteiger partial charge in [-0.25, -0.2) is 8.42 Å². The van der Waals surface area contributed by atoms with Crippen molar-refractivity contribution in [3.8, 4) is 0 Å². The number of sulfonamides is 1. The van der Waals surface area contributed by atoms with Crippen LogP contribution in [0.15, 0.2) is 17.2 Å². The molecule has 2 N–H and O–H groups in total. The monoisotopic (exact) mass is 313 g/mol. The Kier molecular flexibility index (Phi) is 5.11. The molecule has 0 saturated carbocycles. The lowest BCUT2D eigenvalue weighted by atomic mass is 9.94. The van der Waals surface area contributed by atoms with E-state index >= 15 is 0 Å². The molecule has 21 heavy (non-hydrogen) atoms. The summed E-state index contributed by atoms with van der Waals surface area (Å²) in [7, 11) is -3.39. The standard InChI is InChI=1S/C15H27N3O2S/c1-11(2)16-9-14-8-15(10-17-14)21(19,20)18-7-5-6-12(3)13(18)4/h8,10-13,16-17H,5-7,9H2,1-4H3. The molecule has 1 aliphatic heterocycles. The second-order valence-corrected chi connectivity index (χ2v) is 8.26. The first kappa shape index (κ1) is 16.5. The van der Waals surface area contributed by atoms with Crippen LogP contribution in [0, 0.1) is 5.92 Å². The fraction of sp³-hybridized carbons (Fsp3) is 0.733. The van der Waals surface area contributed by atoms with E-state index in [1.54, 1.807) is 16.6 Å². The van der Waals surface area contributed by atoms with E-state index in [-0.39, 0.29) is 6.04 Å². The third-order valence-corrected chi connectivity index (χ3v) is 6.30. The number of piperidine rings is 1. The second kappa shape index (κ2) is 6.50. The van der Waals surface area contributed by atoms with Crippen LogP contribution < -0.4 is 5.32 Å². The first-order valence-electron chi connectivity index (χ1n) is 7.75. The van der Waals surface area contributed by atoms with Crippen LogP contribution in [0.4, 0.5) is 0 Å². The Hall–Kier alpha value is -0.850. The van der Waals surface area contributed by atoms with Gasteiger partial charge in [0.15, 0.2) is 0 Å². The highest BCUT2D eigenvalue weighted by molar-refractivity contribution is 7.89. The molecule has 0 bridgehead atoms. The minimum absolute atomic E-state index is 0.0656. The number of nitrogens with one attached hydrogen (secondary N) is 2. The number of aromatic nitrogens is 1. The van der Waals surface area contributed by atoms with E-state index in [2.05, 4.69) is 31.1 Å². The van der Waals surface area contributed by atoms with Gasteiger partial charge in [0, 0.05) is 37.1 Å². The Morgan fingerprint density at radius 3 is 2.81 bits per heavy atom. The third kappa shape index (κ3) is 3.67. The van der Waals surface area contributed by atoms with Gasteiger partial charge in [-0.3, -0.25) is 0 Å². The Morgan fingerprint density at radius 1 is 1.43 bits per heavy atom. The summed E-state index contributed by atoms with van der Waals surface area (Å²) < 4.78 is 27.2. The number of rotatable bonds is 5. The summed E-state index contributed by atoms with van der Waals surface area (Å²) >= 11 is 0. The van der Waals surface area contributed by atoms with Crippen LogP contribution in [0.25, 0.3) is 0 Å². The number of H-pyrrole nitrogens is 1. The predicted octanol–water partition coefficient (Wildman–Crippen LogP) is 2.32. The van der Waals surface area contributed by atoms with Crippen molar-refractivity contribution >= 4 is 10.0 Å². The highest BCUT2D eigenvalue weighted by Crippen LogP contribution is 2.28. The largest absolute Gasteiger partial charge is 0.363 e. The smallest absolute Gasteiger partial charge is 0.244 e. The summed E-state index contributed by atoms with van der Waals surface area (Å²) in [6.07, 6.45) is 3.65. The van der Waals surface area contributed by atoms with E-state index in [4.69, 9.17) is 0 Å². The van der Waals surface area contributed by atoms with Crippen LogP contribution in [-0.4, -0.2) is 36.3 Å². The van der Waals surface area contributed by atoms with E-state index in [0.717, 1.165) is 18.5 Å². The van der Waals surface area contributed by atoms with Crippen molar-refractivity contribution in [1.29, 1.82) is 0 Å². The van der Waals surface area contributed by atoms with Crippen LogP contribution in [0.1, 0.15) is 46.2 Å². The molecule has 0 amide bonds. The van der Waals surface area contributed by atoms with Gasteiger partial charge in [-0.2, -0.15) is 4.31 Å². The maximum absolute atomic E-state index is 12.8. The van der Waals surface area contributed by atoms with Crippen molar-refractivity contribution in [2.75, 3.05) is 6.54 Å². The minimum atomic E-state index is -3.39. The lowest BCUT2D eigenvalue weighted by Crippen LogP contribution is -2.45. The van der Waals surface area contributed by atoms with Gasteiger partial charge in [-0.05, 0) is 31.7 Å². The summed E-state index contributed by atoms with van der Waals surface area (Å²) in [6, 6.07) is 2.18. The summed E-state index contributed by atoms with van der Waals surface area (Å²) in [4.78, 5) is 3.44. The Morgan fingerprint density at radius 2 is 2.14 bits per heavy atom. The van der Waals surface area contributed by atoms with Crippen molar-refractivity contribution in [3.05, 3.63) is 18.0 Å². The van der Waals surface area contributed by atoms with Gasteiger partial charge in [0.05, 0.1) is 4.90 Å². The highest BCUT2D eigenvalue weighted by atomic mass is 32.2. The van der Waals surface area contributed by atoms with Crippen LogP contribution in [0.5, 0.6) is 0 Å². The molecule has 1 aliphatic rings.